The highest BCUT2D eigenvalue weighted by Gasteiger charge is 2.57. The minimum atomic E-state index is -1.13. The van der Waals surface area contributed by atoms with E-state index in [1.807, 2.05) is 0 Å². The molecule has 5 heteroatoms. The lowest BCUT2D eigenvalue weighted by atomic mass is 9.97. The second kappa shape index (κ2) is 2.52. The van der Waals surface area contributed by atoms with Crippen molar-refractivity contribution >= 4 is 11.5 Å². The predicted octanol–water partition coefficient (Wildman–Crippen LogP) is 0.604. The number of rotatable bonds is 0. The standard InChI is InChI=1S/C8H13N2O3/c1-7(2)5(9-12)6(11)8(3,4)10(7)13/h12H,1-4H3/b9-5+. The van der Waals surface area contributed by atoms with E-state index in [0.29, 0.717) is 5.06 Å². The van der Waals surface area contributed by atoms with Crippen molar-refractivity contribution < 1.29 is 15.2 Å². The summed E-state index contributed by atoms with van der Waals surface area (Å²) in [4.78, 5) is 11.6. The highest BCUT2D eigenvalue weighted by Crippen LogP contribution is 2.34. The third kappa shape index (κ3) is 1.08. The maximum atomic E-state index is 11.6. The van der Waals surface area contributed by atoms with E-state index in [1.165, 1.54) is 13.8 Å². The van der Waals surface area contributed by atoms with Crippen LogP contribution < -0.4 is 0 Å². The van der Waals surface area contributed by atoms with Crippen LogP contribution in [0.1, 0.15) is 27.7 Å². The van der Waals surface area contributed by atoms with Gasteiger partial charge in [-0.25, -0.2) is 0 Å². The number of carbonyl (C=O) groups is 1. The Bertz CT molecular complexity index is 281. The Balaban J connectivity index is 3.28. The number of hydroxylamine groups is 2. The van der Waals surface area contributed by atoms with Crippen LogP contribution in [0.25, 0.3) is 0 Å². The van der Waals surface area contributed by atoms with Gasteiger partial charge in [0.2, 0.25) is 5.78 Å². The second-order valence-corrected chi connectivity index (χ2v) is 4.19. The zero-order valence-corrected chi connectivity index (χ0v) is 8.16. The number of hydrogen-bond donors (Lipinski definition) is 1. The molecule has 0 atom stereocenters. The lowest BCUT2D eigenvalue weighted by Gasteiger charge is -2.28. The quantitative estimate of drug-likeness (QED) is 0.443. The SMILES string of the molecule is CC1(C)C(=O)/C(=N\O)C(C)(C)N1[O]. The summed E-state index contributed by atoms with van der Waals surface area (Å²) in [6, 6.07) is 0. The van der Waals surface area contributed by atoms with Crippen molar-refractivity contribution in [3.05, 3.63) is 0 Å². The van der Waals surface area contributed by atoms with Gasteiger partial charge >= 0.3 is 0 Å². The average Bonchev–Trinajstić information content (AvgIpc) is 2.12. The molecule has 73 valence electrons. The fourth-order valence-corrected chi connectivity index (χ4v) is 1.62. The Morgan fingerprint density at radius 1 is 1.23 bits per heavy atom. The number of carbonyl (C=O) groups excluding carboxylic acids is 1. The van der Waals surface area contributed by atoms with Crippen LogP contribution in [0.4, 0.5) is 0 Å². The van der Waals surface area contributed by atoms with Gasteiger partial charge in [0, 0.05) is 0 Å². The lowest BCUT2D eigenvalue weighted by Crippen LogP contribution is -2.47. The largest absolute Gasteiger partial charge is 0.410 e. The van der Waals surface area contributed by atoms with Crippen molar-refractivity contribution in [3.8, 4) is 0 Å². The fraction of sp³-hybridized carbons (Fsp3) is 0.750. The summed E-state index contributed by atoms with van der Waals surface area (Å²) in [6.07, 6.45) is 0. The summed E-state index contributed by atoms with van der Waals surface area (Å²) in [5.74, 6) is -0.421. The number of oxime groups is 1. The van der Waals surface area contributed by atoms with Crippen LogP contribution in [-0.4, -0.2) is 32.8 Å². The zero-order chi connectivity index (χ0) is 10.4. The van der Waals surface area contributed by atoms with Gasteiger partial charge in [-0.1, -0.05) is 5.16 Å². The molecule has 5 nitrogen and oxygen atoms in total. The van der Waals surface area contributed by atoms with Crippen molar-refractivity contribution in [2.75, 3.05) is 0 Å². The monoisotopic (exact) mass is 185 g/mol. The van der Waals surface area contributed by atoms with Crippen LogP contribution in [0.15, 0.2) is 5.16 Å². The van der Waals surface area contributed by atoms with Crippen molar-refractivity contribution in [1.29, 1.82) is 0 Å². The summed E-state index contributed by atoms with van der Waals surface area (Å²) < 4.78 is 0. The van der Waals surface area contributed by atoms with Crippen LogP contribution in [0.5, 0.6) is 0 Å². The Morgan fingerprint density at radius 2 is 1.69 bits per heavy atom. The van der Waals surface area contributed by atoms with Gasteiger partial charge in [0.25, 0.3) is 0 Å². The molecular formula is C8H13N2O3. The molecule has 0 aromatic rings. The highest BCUT2D eigenvalue weighted by atomic mass is 16.5. The lowest BCUT2D eigenvalue weighted by molar-refractivity contribution is -0.234. The molecule has 1 N–H and O–H groups in total. The van der Waals surface area contributed by atoms with E-state index in [0.717, 1.165) is 0 Å². The summed E-state index contributed by atoms with van der Waals surface area (Å²) in [5, 5.41) is 23.8. The first kappa shape index (κ1) is 10.1. The molecule has 0 bridgehead atoms. The maximum Gasteiger partial charge on any atom is 0.204 e. The van der Waals surface area contributed by atoms with Crippen LogP contribution in [0.3, 0.4) is 0 Å². The number of Topliss-reactive ketones (excluding diaryl/α,β-unsaturated/α-hetero) is 1. The van der Waals surface area contributed by atoms with E-state index in [1.54, 1.807) is 13.8 Å². The van der Waals surface area contributed by atoms with Crippen LogP contribution in [0.2, 0.25) is 0 Å². The summed E-state index contributed by atoms with van der Waals surface area (Å²) in [7, 11) is 0. The fourth-order valence-electron chi connectivity index (χ4n) is 1.62. The smallest absolute Gasteiger partial charge is 0.204 e. The number of ketones is 1. The third-order valence-electron chi connectivity index (χ3n) is 2.47. The van der Waals surface area contributed by atoms with Crippen molar-refractivity contribution in [1.82, 2.24) is 5.06 Å². The molecule has 0 aliphatic carbocycles. The van der Waals surface area contributed by atoms with Gasteiger partial charge in [-0.15, -0.1) is 10.3 Å². The van der Waals surface area contributed by atoms with E-state index in [4.69, 9.17) is 5.21 Å². The van der Waals surface area contributed by atoms with Crippen LogP contribution >= 0.6 is 0 Å². The van der Waals surface area contributed by atoms with Crippen molar-refractivity contribution in [2.45, 2.75) is 38.8 Å². The van der Waals surface area contributed by atoms with E-state index >= 15 is 0 Å². The van der Waals surface area contributed by atoms with Gasteiger partial charge in [-0.2, -0.15) is 0 Å². The van der Waals surface area contributed by atoms with Crippen LogP contribution in [0, 0.1) is 0 Å². The summed E-state index contributed by atoms with van der Waals surface area (Å²) >= 11 is 0. The first-order valence-corrected chi connectivity index (χ1v) is 4.01. The molecule has 0 unspecified atom stereocenters. The third-order valence-corrected chi connectivity index (χ3v) is 2.47. The van der Waals surface area contributed by atoms with E-state index in [2.05, 4.69) is 5.16 Å². The molecular weight excluding hydrogens is 172 g/mol. The highest BCUT2D eigenvalue weighted by molar-refractivity contribution is 6.47. The molecule has 0 saturated carbocycles. The molecule has 13 heavy (non-hydrogen) atoms. The van der Waals surface area contributed by atoms with Crippen molar-refractivity contribution in [2.24, 2.45) is 5.16 Å². The Hall–Kier alpha value is -0.940. The maximum absolute atomic E-state index is 11.6. The Labute approximate surface area is 76.6 Å². The zero-order valence-electron chi connectivity index (χ0n) is 8.16. The normalized spacial score (nSPS) is 29.9. The topological polar surface area (TPSA) is 72.8 Å². The summed E-state index contributed by atoms with van der Waals surface area (Å²) in [6.45, 7) is 6.15. The second-order valence-electron chi connectivity index (χ2n) is 4.19. The van der Waals surface area contributed by atoms with E-state index < -0.39 is 16.9 Å². The summed E-state index contributed by atoms with van der Waals surface area (Å²) in [5.41, 5.74) is -2.26. The molecule has 0 spiro atoms. The van der Waals surface area contributed by atoms with E-state index in [-0.39, 0.29) is 5.71 Å². The van der Waals surface area contributed by atoms with Gasteiger partial charge in [-0.3, -0.25) is 4.79 Å². The first-order valence-electron chi connectivity index (χ1n) is 4.01. The minimum Gasteiger partial charge on any atom is -0.410 e. The average molecular weight is 185 g/mol. The molecule has 1 fully saturated rings. The van der Waals surface area contributed by atoms with Crippen LogP contribution in [-0.2, 0) is 10.0 Å². The molecule has 1 aliphatic rings. The molecule has 0 amide bonds. The molecule has 1 aliphatic heterocycles. The van der Waals surface area contributed by atoms with Gasteiger partial charge in [0.05, 0.1) is 5.54 Å². The van der Waals surface area contributed by atoms with Gasteiger partial charge in [0.15, 0.2) is 0 Å². The first-order chi connectivity index (χ1) is 5.76. The van der Waals surface area contributed by atoms with Gasteiger partial charge in [-0.05, 0) is 27.7 Å². The number of hydrogen-bond acceptors (Lipinski definition) is 4. The molecule has 1 heterocycles. The molecule has 0 aromatic carbocycles. The Kier molecular flexibility index (Phi) is 1.97. The number of nitrogens with zero attached hydrogens (tertiary/aromatic N) is 2. The van der Waals surface area contributed by atoms with E-state index in [9.17, 15) is 10.0 Å². The predicted molar refractivity (Wildman–Crippen MR) is 44.9 cm³/mol. The van der Waals surface area contributed by atoms with Crippen molar-refractivity contribution in [3.63, 3.8) is 0 Å². The van der Waals surface area contributed by atoms with Gasteiger partial charge < -0.3 is 5.21 Å². The molecule has 0 aromatic heterocycles. The van der Waals surface area contributed by atoms with Gasteiger partial charge in [0.1, 0.15) is 11.3 Å². The minimum absolute atomic E-state index is 0.0764. The molecule has 1 saturated heterocycles. The Morgan fingerprint density at radius 3 is 1.85 bits per heavy atom. The molecule has 1 rings (SSSR count). The molecule has 1 radical (unpaired) electrons.